The van der Waals surface area contributed by atoms with E-state index in [1.165, 1.54) is 0 Å². The highest BCUT2D eigenvalue weighted by atomic mass is 16.4. The first kappa shape index (κ1) is 11.8. The van der Waals surface area contributed by atoms with Crippen molar-refractivity contribution in [1.29, 1.82) is 0 Å². The van der Waals surface area contributed by atoms with Crippen molar-refractivity contribution in [3.05, 3.63) is 35.4 Å². The van der Waals surface area contributed by atoms with Crippen LogP contribution in [0.15, 0.2) is 24.3 Å². The maximum atomic E-state index is 12.3. The number of hydrogen-bond donors (Lipinski definition) is 1. The highest BCUT2D eigenvalue weighted by Crippen LogP contribution is 2.34. The van der Waals surface area contributed by atoms with E-state index in [9.17, 15) is 9.59 Å². The molecule has 90 valence electrons. The summed E-state index contributed by atoms with van der Waals surface area (Å²) in [4.78, 5) is 23.3. The molecular weight excluding hydrogens is 216 g/mol. The van der Waals surface area contributed by atoms with Crippen LogP contribution in [-0.4, -0.2) is 16.9 Å². The molecule has 0 aliphatic heterocycles. The average Bonchev–Trinajstić information content (AvgIpc) is 2.77. The molecule has 3 heteroatoms. The molecule has 17 heavy (non-hydrogen) atoms. The third kappa shape index (κ3) is 2.38. The molecule has 1 saturated carbocycles. The molecule has 0 bridgehead atoms. The van der Waals surface area contributed by atoms with Crippen LogP contribution in [0.4, 0.5) is 0 Å². The Balaban J connectivity index is 2.23. The fourth-order valence-corrected chi connectivity index (χ4v) is 2.58. The predicted molar refractivity (Wildman–Crippen MR) is 64.0 cm³/mol. The van der Waals surface area contributed by atoms with Crippen molar-refractivity contribution in [3.8, 4) is 0 Å². The van der Waals surface area contributed by atoms with Crippen LogP contribution < -0.4 is 0 Å². The van der Waals surface area contributed by atoms with Gasteiger partial charge in [0.25, 0.3) is 0 Å². The van der Waals surface area contributed by atoms with Crippen LogP contribution in [0.3, 0.4) is 0 Å². The molecule has 0 spiro atoms. The van der Waals surface area contributed by atoms with E-state index >= 15 is 0 Å². The number of rotatable bonds is 3. The number of ketones is 1. The molecule has 1 aliphatic rings. The smallest absolute Gasteiger partial charge is 0.307 e. The molecule has 1 N–H and O–H groups in total. The second-order valence-corrected chi connectivity index (χ2v) is 4.72. The molecule has 0 heterocycles. The van der Waals surface area contributed by atoms with E-state index < -0.39 is 11.9 Å². The van der Waals surface area contributed by atoms with Gasteiger partial charge in [0.05, 0.1) is 5.92 Å². The summed E-state index contributed by atoms with van der Waals surface area (Å²) in [6.45, 7) is 1.93. The van der Waals surface area contributed by atoms with Crippen LogP contribution in [0.25, 0.3) is 0 Å². The Morgan fingerprint density at radius 3 is 2.59 bits per heavy atom. The van der Waals surface area contributed by atoms with Gasteiger partial charge in [0, 0.05) is 11.5 Å². The van der Waals surface area contributed by atoms with Crippen molar-refractivity contribution in [3.63, 3.8) is 0 Å². The zero-order valence-electron chi connectivity index (χ0n) is 9.85. The standard InChI is InChI=1S/C14H16O3/c1-9-4-2-5-10(8-9)13(15)11-6-3-7-12(11)14(16)17/h2,4-5,8,11-12H,3,6-7H2,1H3,(H,16,17)/t11-,12-/m0/s1. The third-order valence-electron chi connectivity index (χ3n) is 3.47. The maximum absolute atomic E-state index is 12.3. The predicted octanol–water partition coefficient (Wildman–Crippen LogP) is 2.68. The summed E-state index contributed by atoms with van der Waals surface area (Å²) in [5.74, 6) is -1.69. The average molecular weight is 232 g/mol. The molecule has 3 nitrogen and oxygen atoms in total. The Morgan fingerprint density at radius 1 is 1.24 bits per heavy atom. The molecule has 0 radical (unpaired) electrons. The summed E-state index contributed by atoms with van der Waals surface area (Å²) in [5.41, 5.74) is 1.67. The molecular formula is C14H16O3. The van der Waals surface area contributed by atoms with E-state index in [4.69, 9.17) is 5.11 Å². The minimum absolute atomic E-state index is 0.0152. The molecule has 0 saturated heterocycles. The van der Waals surface area contributed by atoms with Crippen LogP contribution in [0, 0.1) is 18.8 Å². The lowest BCUT2D eigenvalue weighted by molar-refractivity contribution is -0.142. The number of carboxylic acids is 1. The first-order chi connectivity index (χ1) is 8.09. The van der Waals surface area contributed by atoms with Crippen LogP contribution in [0.5, 0.6) is 0 Å². The van der Waals surface area contributed by atoms with E-state index in [2.05, 4.69) is 0 Å². The molecule has 0 amide bonds. The van der Waals surface area contributed by atoms with Crippen molar-refractivity contribution in [2.45, 2.75) is 26.2 Å². The summed E-state index contributed by atoms with van der Waals surface area (Å²) < 4.78 is 0. The Kier molecular flexibility index (Phi) is 3.27. The van der Waals surface area contributed by atoms with E-state index in [1.807, 2.05) is 25.1 Å². The molecule has 0 unspecified atom stereocenters. The van der Waals surface area contributed by atoms with Gasteiger partial charge in [-0.25, -0.2) is 0 Å². The van der Waals surface area contributed by atoms with Gasteiger partial charge >= 0.3 is 5.97 Å². The van der Waals surface area contributed by atoms with Gasteiger partial charge in [-0.2, -0.15) is 0 Å². The third-order valence-corrected chi connectivity index (χ3v) is 3.47. The van der Waals surface area contributed by atoms with Gasteiger partial charge in [0.2, 0.25) is 0 Å². The minimum atomic E-state index is -0.839. The maximum Gasteiger partial charge on any atom is 0.307 e. The number of carbonyl (C=O) groups excluding carboxylic acids is 1. The number of aryl methyl sites for hydroxylation is 1. The molecule has 2 atom stereocenters. The number of benzene rings is 1. The summed E-state index contributed by atoms with van der Waals surface area (Å²) in [7, 11) is 0. The first-order valence-corrected chi connectivity index (χ1v) is 5.93. The van der Waals surface area contributed by atoms with Crippen molar-refractivity contribution in [2.75, 3.05) is 0 Å². The van der Waals surface area contributed by atoms with Gasteiger partial charge in [-0.3, -0.25) is 9.59 Å². The molecule has 1 aliphatic carbocycles. The Labute approximate surface area is 100 Å². The Hall–Kier alpha value is -1.64. The van der Waals surface area contributed by atoms with E-state index in [1.54, 1.807) is 6.07 Å². The highest BCUT2D eigenvalue weighted by Gasteiger charge is 2.37. The molecule has 1 aromatic carbocycles. The number of Topliss-reactive ketones (excluding diaryl/α,β-unsaturated/α-hetero) is 1. The SMILES string of the molecule is Cc1cccc(C(=O)[C@H]2CCC[C@@H]2C(=O)O)c1. The van der Waals surface area contributed by atoms with Crippen LogP contribution in [0.2, 0.25) is 0 Å². The van der Waals surface area contributed by atoms with Gasteiger partial charge in [-0.1, -0.05) is 30.2 Å². The fourth-order valence-electron chi connectivity index (χ4n) is 2.58. The highest BCUT2D eigenvalue weighted by molar-refractivity contribution is 6.00. The molecule has 1 aromatic rings. The molecule has 0 aromatic heterocycles. The monoisotopic (exact) mass is 232 g/mol. The first-order valence-electron chi connectivity index (χ1n) is 5.93. The van der Waals surface area contributed by atoms with E-state index in [0.717, 1.165) is 12.0 Å². The van der Waals surface area contributed by atoms with Gasteiger partial charge < -0.3 is 5.11 Å². The Morgan fingerprint density at radius 2 is 1.94 bits per heavy atom. The van der Waals surface area contributed by atoms with Crippen molar-refractivity contribution < 1.29 is 14.7 Å². The van der Waals surface area contributed by atoms with E-state index in [0.29, 0.717) is 18.4 Å². The quantitative estimate of drug-likeness (QED) is 0.815. The van der Waals surface area contributed by atoms with Gasteiger partial charge in [0.1, 0.15) is 0 Å². The van der Waals surface area contributed by atoms with Gasteiger partial charge in [0.15, 0.2) is 5.78 Å². The normalized spacial score (nSPS) is 23.6. The van der Waals surface area contributed by atoms with Crippen LogP contribution >= 0.6 is 0 Å². The van der Waals surface area contributed by atoms with Crippen LogP contribution in [0.1, 0.15) is 35.2 Å². The lowest BCUT2D eigenvalue weighted by Gasteiger charge is -2.14. The summed E-state index contributed by atoms with van der Waals surface area (Å²) in [6, 6.07) is 7.37. The van der Waals surface area contributed by atoms with Crippen molar-refractivity contribution in [1.82, 2.24) is 0 Å². The number of hydrogen-bond acceptors (Lipinski definition) is 2. The second kappa shape index (κ2) is 4.70. The molecule has 1 fully saturated rings. The minimum Gasteiger partial charge on any atom is -0.481 e. The van der Waals surface area contributed by atoms with Crippen molar-refractivity contribution in [2.24, 2.45) is 11.8 Å². The summed E-state index contributed by atoms with van der Waals surface area (Å²) in [6.07, 6.45) is 2.15. The zero-order chi connectivity index (χ0) is 12.4. The van der Waals surface area contributed by atoms with Gasteiger partial charge in [-0.15, -0.1) is 0 Å². The largest absolute Gasteiger partial charge is 0.481 e. The van der Waals surface area contributed by atoms with Crippen molar-refractivity contribution >= 4 is 11.8 Å². The topological polar surface area (TPSA) is 54.4 Å². The number of carbonyl (C=O) groups is 2. The van der Waals surface area contributed by atoms with Gasteiger partial charge in [-0.05, 0) is 25.8 Å². The Bertz CT molecular complexity index is 451. The van der Waals surface area contributed by atoms with E-state index in [-0.39, 0.29) is 11.7 Å². The van der Waals surface area contributed by atoms with Crippen LogP contribution in [-0.2, 0) is 4.79 Å². The zero-order valence-corrected chi connectivity index (χ0v) is 9.85. The number of carboxylic acid groups (broad SMARTS) is 1. The fraction of sp³-hybridized carbons (Fsp3) is 0.429. The second-order valence-electron chi connectivity index (χ2n) is 4.72. The number of aliphatic carboxylic acids is 1. The molecule has 2 rings (SSSR count). The summed E-state index contributed by atoms with van der Waals surface area (Å²) in [5, 5.41) is 9.08. The lowest BCUT2D eigenvalue weighted by atomic mass is 9.88. The summed E-state index contributed by atoms with van der Waals surface area (Å²) >= 11 is 0. The lowest BCUT2D eigenvalue weighted by Crippen LogP contribution is -2.25.